The minimum absolute atomic E-state index is 0.322. The molecule has 0 saturated carbocycles. The number of aliphatic hydroxyl groups is 2. The third kappa shape index (κ3) is 12.3. The summed E-state index contributed by atoms with van der Waals surface area (Å²) in [6.07, 6.45) is 4.24. The Kier molecular flexibility index (Phi) is 10.6. The second-order valence-electron chi connectivity index (χ2n) is 5.68. The molecule has 0 aromatic carbocycles. The van der Waals surface area contributed by atoms with Gasteiger partial charge >= 0.3 is 0 Å². The molecular formula is C14H32N2O2. The molecule has 4 heteroatoms. The van der Waals surface area contributed by atoms with Gasteiger partial charge in [-0.25, -0.2) is 0 Å². The van der Waals surface area contributed by atoms with Crippen molar-refractivity contribution in [3.63, 3.8) is 0 Å². The first-order chi connectivity index (χ1) is 8.41. The van der Waals surface area contributed by atoms with E-state index in [0.29, 0.717) is 13.1 Å². The monoisotopic (exact) mass is 260 g/mol. The Bertz CT molecular complexity index is 175. The van der Waals surface area contributed by atoms with Gasteiger partial charge in [0.05, 0.1) is 12.2 Å². The van der Waals surface area contributed by atoms with Crippen LogP contribution in [0.25, 0.3) is 0 Å². The lowest BCUT2D eigenvalue weighted by molar-refractivity contribution is 0.0825. The highest BCUT2D eigenvalue weighted by atomic mass is 16.3. The van der Waals surface area contributed by atoms with E-state index in [1.54, 1.807) is 13.8 Å². The number of aliphatic hydroxyl groups excluding tert-OH is 2. The molecule has 0 radical (unpaired) electrons. The van der Waals surface area contributed by atoms with Crippen molar-refractivity contribution >= 4 is 0 Å². The molecule has 0 bridgehead atoms. The van der Waals surface area contributed by atoms with Crippen molar-refractivity contribution in [2.24, 2.45) is 0 Å². The summed E-state index contributed by atoms with van der Waals surface area (Å²) in [4.78, 5) is 4.37. The fourth-order valence-electron chi connectivity index (χ4n) is 2.12. The minimum atomic E-state index is -0.322. The van der Waals surface area contributed by atoms with Gasteiger partial charge in [0.2, 0.25) is 0 Å². The zero-order valence-corrected chi connectivity index (χ0v) is 12.6. The third-order valence-corrected chi connectivity index (χ3v) is 2.87. The molecule has 4 nitrogen and oxygen atoms in total. The average molecular weight is 260 g/mol. The van der Waals surface area contributed by atoms with Crippen molar-refractivity contribution in [3.8, 4) is 0 Å². The third-order valence-electron chi connectivity index (χ3n) is 2.87. The summed E-state index contributed by atoms with van der Waals surface area (Å²) < 4.78 is 0. The molecule has 0 aromatic rings. The summed E-state index contributed by atoms with van der Waals surface area (Å²) >= 11 is 0. The summed E-state index contributed by atoms with van der Waals surface area (Å²) in [6.45, 7) is 7.03. The van der Waals surface area contributed by atoms with Crippen LogP contribution in [0.2, 0.25) is 0 Å². The Balaban J connectivity index is 3.62. The predicted octanol–water partition coefficient (Wildman–Crippen LogP) is 1.17. The molecule has 0 spiro atoms. The van der Waals surface area contributed by atoms with Crippen LogP contribution in [0.4, 0.5) is 0 Å². The van der Waals surface area contributed by atoms with Gasteiger partial charge < -0.3 is 15.1 Å². The van der Waals surface area contributed by atoms with Crippen molar-refractivity contribution in [1.29, 1.82) is 0 Å². The van der Waals surface area contributed by atoms with Crippen LogP contribution in [0.5, 0.6) is 0 Å². The van der Waals surface area contributed by atoms with Crippen molar-refractivity contribution in [3.05, 3.63) is 0 Å². The molecule has 0 aliphatic rings. The molecule has 0 heterocycles. The van der Waals surface area contributed by atoms with Crippen molar-refractivity contribution in [1.82, 2.24) is 9.80 Å². The summed E-state index contributed by atoms with van der Waals surface area (Å²) in [5.41, 5.74) is 0. The Morgan fingerprint density at radius 1 is 0.778 bits per heavy atom. The molecule has 0 aliphatic heterocycles. The second-order valence-corrected chi connectivity index (χ2v) is 5.68. The molecule has 0 rings (SSSR count). The van der Waals surface area contributed by atoms with E-state index < -0.39 is 0 Å². The van der Waals surface area contributed by atoms with E-state index in [-0.39, 0.29) is 12.2 Å². The fourth-order valence-corrected chi connectivity index (χ4v) is 2.12. The standard InChI is InChI=1S/C14H32N2O2/c1-13(17)11-16(12-14(2)18)10-8-6-5-7-9-15(3)4/h13-14,17-18H,5-12H2,1-4H3. The summed E-state index contributed by atoms with van der Waals surface area (Å²) in [7, 11) is 4.21. The normalized spacial score (nSPS) is 15.3. The molecule has 0 fully saturated rings. The summed E-state index contributed by atoms with van der Waals surface area (Å²) in [6, 6.07) is 0. The predicted molar refractivity (Wildman–Crippen MR) is 76.8 cm³/mol. The van der Waals surface area contributed by atoms with Crippen LogP contribution in [0, 0.1) is 0 Å². The lowest BCUT2D eigenvalue weighted by Gasteiger charge is -2.25. The average Bonchev–Trinajstić information content (AvgIpc) is 2.20. The van der Waals surface area contributed by atoms with E-state index in [0.717, 1.165) is 19.5 Å². The number of hydrogen-bond donors (Lipinski definition) is 2. The van der Waals surface area contributed by atoms with Crippen LogP contribution >= 0.6 is 0 Å². The van der Waals surface area contributed by atoms with Crippen molar-refractivity contribution in [2.45, 2.75) is 51.7 Å². The van der Waals surface area contributed by atoms with Gasteiger partial charge in [0.1, 0.15) is 0 Å². The van der Waals surface area contributed by atoms with Gasteiger partial charge in [-0.2, -0.15) is 0 Å². The van der Waals surface area contributed by atoms with E-state index in [1.807, 2.05) is 0 Å². The molecule has 18 heavy (non-hydrogen) atoms. The highest BCUT2D eigenvalue weighted by Crippen LogP contribution is 2.04. The fraction of sp³-hybridized carbons (Fsp3) is 1.00. The molecule has 110 valence electrons. The molecule has 0 amide bonds. The topological polar surface area (TPSA) is 46.9 Å². The van der Waals surface area contributed by atoms with Gasteiger partial charge in [-0.3, -0.25) is 4.90 Å². The highest BCUT2D eigenvalue weighted by molar-refractivity contribution is 4.64. The Morgan fingerprint density at radius 2 is 1.22 bits per heavy atom. The van der Waals surface area contributed by atoms with E-state index in [4.69, 9.17) is 0 Å². The maximum Gasteiger partial charge on any atom is 0.0639 e. The quantitative estimate of drug-likeness (QED) is 0.548. The smallest absolute Gasteiger partial charge is 0.0639 e. The molecule has 2 N–H and O–H groups in total. The van der Waals surface area contributed by atoms with Crippen molar-refractivity contribution in [2.75, 3.05) is 40.3 Å². The second kappa shape index (κ2) is 10.7. The Hall–Kier alpha value is -0.160. The number of rotatable bonds is 11. The molecule has 2 unspecified atom stereocenters. The molecular weight excluding hydrogens is 228 g/mol. The minimum Gasteiger partial charge on any atom is -0.392 e. The molecule has 2 atom stereocenters. The van der Waals surface area contributed by atoms with Gasteiger partial charge in [-0.05, 0) is 53.9 Å². The van der Waals surface area contributed by atoms with Crippen LogP contribution in [0.1, 0.15) is 39.5 Å². The van der Waals surface area contributed by atoms with Crippen molar-refractivity contribution < 1.29 is 10.2 Å². The zero-order valence-electron chi connectivity index (χ0n) is 12.6. The van der Waals surface area contributed by atoms with Gasteiger partial charge in [-0.1, -0.05) is 12.8 Å². The van der Waals surface area contributed by atoms with E-state index in [2.05, 4.69) is 23.9 Å². The zero-order chi connectivity index (χ0) is 14.0. The van der Waals surface area contributed by atoms with Gasteiger partial charge in [0, 0.05) is 13.1 Å². The van der Waals surface area contributed by atoms with E-state index in [1.165, 1.54) is 19.3 Å². The first-order valence-corrected chi connectivity index (χ1v) is 7.15. The van der Waals surface area contributed by atoms with Crippen LogP contribution < -0.4 is 0 Å². The molecule has 0 aromatic heterocycles. The maximum absolute atomic E-state index is 9.41. The Labute approximate surface area is 113 Å². The first-order valence-electron chi connectivity index (χ1n) is 7.15. The number of nitrogens with zero attached hydrogens (tertiary/aromatic N) is 2. The van der Waals surface area contributed by atoms with E-state index >= 15 is 0 Å². The van der Waals surface area contributed by atoms with E-state index in [9.17, 15) is 10.2 Å². The lowest BCUT2D eigenvalue weighted by atomic mass is 10.1. The van der Waals surface area contributed by atoms with Gasteiger partial charge in [0.15, 0.2) is 0 Å². The van der Waals surface area contributed by atoms with Crippen LogP contribution in [0.15, 0.2) is 0 Å². The summed E-state index contributed by atoms with van der Waals surface area (Å²) in [5, 5.41) is 18.8. The largest absolute Gasteiger partial charge is 0.392 e. The number of unbranched alkanes of at least 4 members (excludes halogenated alkanes) is 3. The van der Waals surface area contributed by atoms with Gasteiger partial charge in [0.25, 0.3) is 0 Å². The SMILES string of the molecule is CC(O)CN(CCCCCCN(C)C)CC(C)O. The Morgan fingerprint density at radius 3 is 1.61 bits per heavy atom. The van der Waals surface area contributed by atoms with Crippen LogP contribution in [0.3, 0.4) is 0 Å². The number of hydrogen-bond acceptors (Lipinski definition) is 4. The first kappa shape index (κ1) is 17.8. The molecule has 0 saturated heterocycles. The van der Waals surface area contributed by atoms with Crippen LogP contribution in [-0.4, -0.2) is 72.5 Å². The highest BCUT2D eigenvalue weighted by Gasteiger charge is 2.10. The molecule has 0 aliphatic carbocycles. The van der Waals surface area contributed by atoms with Crippen LogP contribution in [-0.2, 0) is 0 Å². The lowest BCUT2D eigenvalue weighted by Crippen LogP contribution is -2.36. The summed E-state index contributed by atoms with van der Waals surface area (Å²) in [5.74, 6) is 0. The van der Waals surface area contributed by atoms with Gasteiger partial charge in [-0.15, -0.1) is 0 Å². The maximum atomic E-state index is 9.41.